The van der Waals surface area contributed by atoms with Gasteiger partial charge in [-0.2, -0.15) is 0 Å². The number of hydrogen-bond acceptors (Lipinski definition) is 3. The van der Waals surface area contributed by atoms with Gasteiger partial charge in [-0.3, -0.25) is 0 Å². The second kappa shape index (κ2) is 5.25. The Labute approximate surface area is 82.3 Å². The second-order valence-electron chi connectivity index (χ2n) is 2.73. The first kappa shape index (κ1) is 10.5. The van der Waals surface area contributed by atoms with Gasteiger partial charge in [-0.25, -0.2) is 4.79 Å². The summed E-state index contributed by atoms with van der Waals surface area (Å²) in [5, 5.41) is 9.01. The van der Waals surface area contributed by atoms with Gasteiger partial charge in [-0.05, 0) is 19.3 Å². The summed E-state index contributed by atoms with van der Waals surface area (Å²) < 4.78 is 4.80. The van der Waals surface area contributed by atoms with Gasteiger partial charge in [0.2, 0.25) is 0 Å². The molecule has 0 aliphatic heterocycles. The summed E-state index contributed by atoms with van der Waals surface area (Å²) in [4.78, 5) is 11.2. The Kier molecular flexibility index (Phi) is 4.25. The topological polar surface area (TPSA) is 46.5 Å². The molecule has 0 aromatic rings. The van der Waals surface area contributed by atoms with Crippen molar-refractivity contribution >= 4 is 17.6 Å². The molecule has 1 unspecified atom stereocenters. The molecule has 0 saturated carbocycles. The van der Waals surface area contributed by atoms with Gasteiger partial charge in [0.25, 0.3) is 0 Å². The van der Waals surface area contributed by atoms with Crippen molar-refractivity contribution in [2.75, 3.05) is 12.5 Å². The largest absolute Gasteiger partial charge is 0.460 e. The molecule has 72 valence electrons. The van der Waals surface area contributed by atoms with Gasteiger partial charge in [0.1, 0.15) is 12.7 Å². The number of ether oxygens (including phenoxy) is 1. The molecule has 3 nitrogen and oxygen atoms in total. The Morgan fingerprint density at radius 1 is 1.77 bits per heavy atom. The Morgan fingerprint density at radius 3 is 3.08 bits per heavy atom. The van der Waals surface area contributed by atoms with Crippen LogP contribution in [0.4, 0.5) is 0 Å². The molecule has 0 fully saturated rings. The molecule has 1 atom stereocenters. The molecule has 0 bridgehead atoms. The molecule has 0 saturated heterocycles. The molecule has 1 rings (SSSR count). The second-order valence-corrected chi connectivity index (χ2v) is 3.04. The van der Waals surface area contributed by atoms with Crippen molar-refractivity contribution in [2.45, 2.75) is 12.5 Å². The van der Waals surface area contributed by atoms with Gasteiger partial charge in [0.15, 0.2) is 0 Å². The van der Waals surface area contributed by atoms with E-state index >= 15 is 0 Å². The zero-order valence-corrected chi connectivity index (χ0v) is 7.83. The lowest BCUT2D eigenvalue weighted by molar-refractivity contribution is -0.141. The molecular weight excluding hydrogens is 192 g/mol. The summed E-state index contributed by atoms with van der Waals surface area (Å²) in [5.41, 5.74) is 0.613. The molecule has 0 aromatic carbocycles. The average Bonchev–Trinajstić information content (AvgIpc) is 2.66. The molecule has 0 amide bonds. The van der Waals surface area contributed by atoms with Crippen LogP contribution >= 0.6 is 11.6 Å². The molecule has 1 aliphatic carbocycles. The van der Waals surface area contributed by atoms with E-state index in [1.54, 1.807) is 12.5 Å². The van der Waals surface area contributed by atoms with Gasteiger partial charge in [-0.15, -0.1) is 11.6 Å². The van der Waals surface area contributed by atoms with Crippen molar-refractivity contribution in [3.8, 4) is 0 Å². The summed E-state index contributed by atoms with van der Waals surface area (Å²) in [6.45, 7) is -0.0420. The van der Waals surface area contributed by atoms with Crippen molar-refractivity contribution in [3.63, 3.8) is 0 Å². The van der Waals surface area contributed by atoms with E-state index in [9.17, 15) is 4.79 Å². The lowest BCUT2D eigenvalue weighted by Crippen LogP contribution is -2.20. The smallest absolute Gasteiger partial charge is 0.333 e. The molecule has 4 heteroatoms. The number of rotatable bonds is 4. The third-order valence-corrected chi connectivity index (χ3v) is 1.97. The van der Waals surface area contributed by atoms with Crippen LogP contribution in [-0.4, -0.2) is 29.7 Å². The van der Waals surface area contributed by atoms with E-state index in [0.717, 1.165) is 0 Å². The van der Waals surface area contributed by atoms with E-state index in [1.807, 2.05) is 6.42 Å². The molecular formula is C9H11ClO3. The highest BCUT2D eigenvalue weighted by atomic mass is 35.5. The zero-order chi connectivity index (χ0) is 9.68. The average molecular weight is 203 g/mol. The van der Waals surface area contributed by atoms with Crippen molar-refractivity contribution in [2.24, 2.45) is 0 Å². The first-order chi connectivity index (χ1) is 6.24. The van der Waals surface area contributed by atoms with Crippen molar-refractivity contribution < 1.29 is 14.6 Å². The quantitative estimate of drug-likeness (QED) is 0.544. The number of aliphatic hydroxyl groups is 1. The third kappa shape index (κ3) is 3.36. The SMILES string of the molecule is O=C(OCC(O)CCl)C1=C[CH][CH]C1. The minimum absolute atomic E-state index is 0.0420. The maximum Gasteiger partial charge on any atom is 0.333 e. The highest BCUT2D eigenvalue weighted by Crippen LogP contribution is 2.16. The number of hydrogen-bond donors (Lipinski definition) is 1. The molecule has 0 aromatic heterocycles. The predicted molar refractivity (Wildman–Crippen MR) is 49.0 cm³/mol. The Hall–Kier alpha value is -0.540. The van der Waals surface area contributed by atoms with Gasteiger partial charge in [0.05, 0.1) is 5.88 Å². The van der Waals surface area contributed by atoms with E-state index in [2.05, 4.69) is 0 Å². The minimum atomic E-state index is -0.777. The number of carbonyl (C=O) groups excluding carboxylic acids is 1. The monoisotopic (exact) mass is 202 g/mol. The van der Waals surface area contributed by atoms with Gasteiger partial charge in [0, 0.05) is 5.57 Å². The van der Waals surface area contributed by atoms with Crippen molar-refractivity contribution in [1.82, 2.24) is 0 Å². The standard InChI is InChI=1S/C9H11ClO3/c10-5-8(11)6-13-9(12)7-3-1-2-4-7/h1-3,8,11H,4-6H2. The maximum absolute atomic E-state index is 11.2. The zero-order valence-electron chi connectivity index (χ0n) is 7.07. The van der Waals surface area contributed by atoms with Crippen LogP contribution in [0.25, 0.3) is 0 Å². The van der Waals surface area contributed by atoms with E-state index < -0.39 is 6.10 Å². The first-order valence-electron chi connectivity index (χ1n) is 4.01. The van der Waals surface area contributed by atoms with Gasteiger partial charge >= 0.3 is 5.97 Å². The fraction of sp³-hybridized carbons (Fsp3) is 0.444. The van der Waals surface area contributed by atoms with Gasteiger partial charge < -0.3 is 9.84 Å². The first-order valence-corrected chi connectivity index (χ1v) is 4.54. The Balaban J connectivity index is 2.25. The summed E-state index contributed by atoms with van der Waals surface area (Å²) >= 11 is 5.33. The van der Waals surface area contributed by atoms with E-state index in [0.29, 0.717) is 12.0 Å². The number of esters is 1. The van der Waals surface area contributed by atoms with E-state index in [1.165, 1.54) is 0 Å². The van der Waals surface area contributed by atoms with Crippen molar-refractivity contribution in [3.05, 3.63) is 24.5 Å². The summed E-state index contributed by atoms with van der Waals surface area (Å²) in [6.07, 6.45) is 5.20. The van der Waals surface area contributed by atoms with Crippen LogP contribution in [-0.2, 0) is 9.53 Å². The lowest BCUT2D eigenvalue weighted by Gasteiger charge is -2.08. The van der Waals surface area contributed by atoms with Crippen LogP contribution < -0.4 is 0 Å². The highest BCUT2D eigenvalue weighted by Gasteiger charge is 2.15. The maximum atomic E-state index is 11.2. The predicted octanol–water partition coefficient (Wildman–Crippen LogP) is 0.868. The van der Waals surface area contributed by atoms with Crippen LogP contribution in [0.5, 0.6) is 0 Å². The molecule has 13 heavy (non-hydrogen) atoms. The summed E-state index contributed by atoms with van der Waals surface area (Å²) in [6, 6.07) is 0. The number of halogens is 1. The molecule has 2 radical (unpaired) electrons. The van der Waals surface area contributed by atoms with E-state index in [4.69, 9.17) is 21.4 Å². The summed E-state index contributed by atoms with van der Waals surface area (Å²) in [5.74, 6) is -0.306. The Morgan fingerprint density at radius 2 is 2.54 bits per heavy atom. The number of aliphatic hydroxyl groups excluding tert-OH is 1. The number of allylic oxidation sites excluding steroid dienone is 1. The van der Waals surface area contributed by atoms with E-state index in [-0.39, 0.29) is 18.5 Å². The van der Waals surface area contributed by atoms with Crippen LogP contribution in [0, 0.1) is 12.8 Å². The minimum Gasteiger partial charge on any atom is -0.460 e. The lowest BCUT2D eigenvalue weighted by atomic mass is 10.2. The third-order valence-electron chi connectivity index (χ3n) is 1.62. The Bertz CT molecular complexity index is 213. The molecule has 0 spiro atoms. The highest BCUT2D eigenvalue weighted by molar-refractivity contribution is 6.18. The summed E-state index contributed by atoms with van der Waals surface area (Å²) in [7, 11) is 0. The van der Waals surface area contributed by atoms with Crippen molar-refractivity contribution in [1.29, 1.82) is 0 Å². The molecule has 1 N–H and O–H groups in total. The normalized spacial score (nSPS) is 18.2. The molecule has 1 aliphatic rings. The van der Waals surface area contributed by atoms with Crippen LogP contribution in [0.2, 0.25) is 0 Å². The van der Waals surface area contributed by atoms with Gasteiger partial charge in [-0.1, -0.05) is 6.08 Å². The van der Waals surface area contributed by atoms with Crippen LogP contribution in [0.1, 0.15) is 6.42 Å². The molecule has 0 heterocycles. The van der Waals surface area contributed by atoms with Crippen LogP contribution in [0.15, 0.2) is 11.6 Å². The fourth-order valence-electron chi connectivity index (χ4n) is 0.908. The number of carbonyl (C=O) groups is 1. The van der Waals surface area contributed by atoms with Crippen LogP contribution in [0.3, 0.4) is 0 Å². The fourth-order valence-corrected chi connectivity index (χ4v) is 0.997. The number of alkyl halides is 1.